The summed E-state index contributed by atoms with van der Waals surface area (Å²) in [5, 5.41) is 2.98. The monoisotopic (exact) mass is 275 g/mol. The number of carbonyl (C=O) groups is 1. The van der Waals surface area contributed by atoms with E-state index in [1.165, 1.54) is 12.8 Å². The van der Waals surface area contributed by atoms with Gasteiger partial charge in [0.25, 0.3) is 5.91 Å². The number of nitrogens with one attached hydrogen (secondary N) is 1. The molecular weight excluding hydrogens is 250 g/mol. The van der Waals surface area contributed by atoms with E-state index in [4.69, 9.17) is 5.73 Å². The van der Waals surface area contributed by atoms with Crippen molar-refractivity contribution >= 4 is 5.91 Å². The van der Waals surface area contributed by atoms with Crippen molar-refractivity contribution in [3.05, 3.63) is 35.4 Å². The lowest BCUT2D eigenvalue weighted by Gasteiger charge is -2.30. The lowest BCUT2D eigenvalue weighted by Crippen LogP contribution is -2.39. The highest BCUT2D eigenvalue weighted by Gasteiger charge is 2.15. The van der Waals surface area contributed by atoms with E-state index in [-0.39, 0.29) is 5.91 Å². The molecule has 1 fully saturated rings. The molecule has 1 heterocycles. The molecule has 0 bridgehead atoms. The van der Waals surface area contributed by atoms with Gasteiger partial charge in [-0.1, -0.05) is 19.1 Å². The van der Waals surface area contributed by atoms with Crippen molar-refractivity contribution in [2.45, 2.75) is 26.3 Å². The zero-order valence-electron chi connectivity index (χ0n) is 12.3. The van der Waals surface area contributed by atoms with E-state index in [1.807, 2.05) is 24.3 Å². The van der Waals surface area contributed by atoms with Crippen LogP contribution >= 0.6 is 0 Å². The summed E-state index contributed by atoms with van der Waals surface area (Å²) in [4.78, 5) is 14.4. The van der Waals surface area contributed by atoms with Gasteiger partial charge in [0, 0.05) is 25.2 Å². The second-order valence-corrected chi connectivity index (χ2v) is 5.68. The summed E-state index contributed by atoms with van der Waals surface area (Å²) >= 11 is 0. The number of rotatable bonds is 5. The Hall–Kier alpha value is -1.39. The SMILES string of the molecule is CC1CCN(CCNC(=O)c2ccc(CN)cc2)CC1. The molecule has 0 saturated carbocycles. The van der Waals surface area contributed by atoms with Crippen molar-refractivity contribution in [3.8, 4) is 0 Å². The fourth-order valence-corrected chi connectivity index (χ4v) is 2.51. The number of nitrogens with zero attached hydrogens (tertiary/aromatic N) is 1. The Kier molecular flexibility index (Phi) is 5.56. The summed E-state index contributed by atoms with van der Waals surface area (Å²) in [6, 6.07) is 7.47. The zero-order chi connectivity index (χ0) is 14.4. The topological polar surface area (TPSA) is 58.4 Å². The molecule has 0 atom stereocenters. The number of piperidine rings is 1. The summed E-state index contributed by atoms with van der Waals surface area (Å²) in [7, 11) is 0. The maximum atomic E-state index is 12.0. The van der Waals surface area contributed by atoms with E-state index < -0.39 is 0 Å². The van der Waals surface area contributed by atoms with E-state index in [9.17, 15) is 4.79 Å². The molecule has 4 nitrogen and oxygen atoms in total. The van der Waals surface area contributed by atoms with Gasteiger partial charge < -0.3 is 16.0 Å². The third-order valence-corrected chi connectivity index (χ3v) is 4.04. The Bertz CT molecular complexity index is 422. The molecule has 0 radical (unpaired) electrons. The van der Waals surface area contributed by atoms with Crippen LogP contribution < -0.4 is 11.1 Å². The number of amides is 1. The smallest absolute Gasteiger partial charge is 0.251 e. The highest BCUT2D eigenvalue weighted by Crippen LogP contribution is 2.15. The number of hydrogen-bond acceptors (Lipinski definition) is 3. The Balaban J connectivity index is 1.71. The predicted octanol–water partition coefficient (Wildman–Crippen LogP) is 1.61. The second kappa shape index (κ2) is 7.41. The standard InChI is InChI=1S/C16H25N3O/c1-13-6-9-19(10-7-13)11-8-18-16(20)15-4-2-14(12-17)3-5-15/h2-5,13H,6-12,17H2,1H3,(H,18,20). The van der Waals surface area contributed by atoms with E-state index in [1.54, 1.807) is 0 Å². The van der Waals surface area contributed by atoms with Crippen molar-refractivity contribution in [3.63, 3.8) is 0 Å². The van der Waals surface area contributed by atoms with Crippen LogP contribution in [0.3, 0.4) is 0 Å². The Morgan fingerprint density at radius 2 is 1.95 bits per heavy atom. The molecular formula is C16H25N3O. The van der Waals surface area contributed by atoms with Crippen LogP contribution in [0.1, 0.15) is 35.7 Å². The molecule has 3 N–H and O–H groups in total. The molecule has 1 amide bonds. The van der Waals surface area contributed by atoms with Gasteiger partial charge in [0.2, 0.25) is 0 Å². The Morgan fingerprint density at radius 3 is 2.55 bits per heavy atom. The summed E-state index contributed by atoms with van der Waals surface area (Å²) in [6.07, 6.45) is 2.54. The molecule has 0 aliphatic carbocycles. The van der Waals surface area contributed by atoms with Crippen LogP contribution in [0.2, 0.25) is 0 Å². The van der Waals surface area contributed by atoms with E-state index in [2.05, 4.69) is 17.1 Å². The van der Waals surface area contributed by atoms with Gasteiger partial charge >= 0.3 is 0 Å². The maximum absolute atomic E-state index is 12.0. The zero-order valence-corrected chi connectivity index (χ0v) is 12.3. The van der Waals surface area contributed by atoms with Crippen molar-refractivity contribution < 1.29 is 4.79 Å². The van der Waals surface area contributed by atoms with Gasteiger partial charge in [-0.05, 0) is 49.5 Å². The highest BCUT2D eigenvalue weighted by molar-refractivity contribution is 5.94. The van der Waals surface area contributed by atoms with Gasteiger partial charge in [0.05, 0.1) is 0 Å². The molecule has 110 valence electrons. The van der Waals surface area contributed by atoms with Crippen LogP contribution in [0.25, 0.3) is 0 Å². The number of likely N-dealkylation sites (tertiary alicyclic amines) is 1. The Morgan fingerprint density at radius 1 is 1.30 bits per heavy atom. The predicted molar refractivity (Wildman–Crippen MR) is 81.5 cm³/mol. The molecule has 0 spiro atoms. The minimum Gasteiger partial charge on any atom is -0.351 e. The molecule has 1 aliphatic heterocycles. The van der Waals surface area contributed by atoms with Gasteiger partial charge in [-0.15, -0.1) is 0 Å². The van der Waals surface area contributed by atoms with Crippen LogP contribution in [-0.2, 0) is 6.54 Å². The Labute approximate surface area is 121 Å². The summed E-state index contributed by atoms with van der Waals surface area (Å²) in [5.74, 6) is 0.848. The third-order valence-electron chi connectivity index (χ3n) is 4.04. The minimum absolute atomic E-state index is 0.000973. The fraction of sp³-hybridized carbons (Fsp3) is 0.562. The average molecular weight is 275 g/mol. The first-order chi connectivity index (χ1) is 9.69. The molecule has 20 heavy (non-hydrogen) atoms. The first kappa shape index (κ1) is 15.0. The molecule has 0 unspecified atom stereocenters. The van der Waals surface area contributed by atoms with Crippen molar-refractivity contribution in [1.82, 2.24) is 10.2 Å². The summed E-state index contributed by atoms with van der Waals surface area (Å²) in [6.45, 7) is 6.79. The van der Waals surface area contributed by atoms with Gasteiger partial charge in [-0.3, -0.25) is 4.79 Å². The van der Waals surface area contributed by atoms with E-state index in [0.29, 0.717) is 18.7 Å². The lowest BCUT2D eigenvalue weighted by atomic mass is 9.99. The van der Waals surface area contributed by atoms with Crippen LogP contribution in [0.4, 0.5) is 0 Å². The molecule has 2 rings (SSSR count). The second-order valence-electron chi connectivity index (χ2n) is 5.68. The van der Waals surface area contributed by atoms with Crippen molar-refractivity contribution in [1.29, 1.82) is 0 Å². The third kappa shape index (κ3) is 4.32. The first-order valence-corrected chi connectivity index (χ1v) is 7.48. The molecule has 1 saturated heterocycles. The molecule has 4 heteroatoms. The summed E-state index contributed by atoms with van der Waals surface area (Å²) in [5.41, 5.74) is 7.29. The largest absolute Gasteiger partial charge is 0.351 e. The molecule has 0 aromatic heterocycles. The molecule has 1 aliphatic rings. The van der Waals surface area contributed by atoms with Crippen molar-refractivity contribution in [2.75, 3.05) is 26.2 Å². The average Bonchev–Trinajstić information content (AvgIpc) is 2.49. The molecule has 1 aromatic carbocycles. The van der Waals surface area contributed by atoms with Gasteiger partial charge in [-0.2, -0.15) is 0 Å². The van der Waals surface area contributed by atoms with Crippen LogP contribution in [0.5, 0.6) is 0 Å². The highest BCUT2D eigenvalue weighted by atomic mass is 16.1. The van der Waals surface area contributed by atoms with Crippen molar-refractivity contribution in [2.24, 2.45) is 11.7 Å². The van der Waals surface area contributed by atoms with Gasteiger partial charge in [0.15, 0.2) is 0 Å². The van der Waals surface area contributed by atoms with E-state index >= 15 is 0 Å². The lowest BCUT2D eigenvalue weighted by molar-refractivity contribution is 0.0944. The quantitative estimate of drug-likeness (QED) is 0.858. The number of hydrogen-bond donors (Lipinski definition) is 2. The van der Waals surface area contributed by atoms with Crippen LogP contribution in [-0.4, -0.2) is 37.0 Å². The van der Waals surface area contributed by atoms with Gasteiger partial charge in [-0.25, -0.2) is 0 Å². The van der Waals surface area contributed by atoms with Crippen LogP contribution in [0.15, 0.2) is 24.3 Å². The van der Waals surface area contributed by atoms with Gasteiger partial charge in [0.1, 0.15) is 0 Å². The van der Waals surface area contributed by atoms with Crippen LogP contribution in [0, 0.1) is 5.92 Å². The fourth-order valence-electron chi connectivity index (χ4n) is 2.51. The number of benzene rings is 1. The molecule has 1 aromatic rings. The first-order valence-electron chi connectivity index (χ1n) is 7.48. The summed E-state index contributed by atoms with van der Waals surface area (Å²) < 4.78 is 0. The number of nitrogens with two attached hydrogens (primary N) is 1. The number of carbonyl (C=O) groups excluding carboxylic acids is 1. The minimum atomic E-state index is -0.000973. The van der Waals surface area contributed by atoms with E-state index in [0.717, 1.165) is 31.1 Å². The maximum Gasteiger partial charge on any atom is 0.251 e. The normalized spacial score (nSPS) is 17.1.